The first-order chi connectivity index (χ1) is 11.7. The first-order valence-corrected chi connectivity index (χ1v) is 7.98. The predicted octanol–water partition coefficient (Wildman–Crippen LogP) is 4.19. The summed E-state index contributed by atoms with van der Waals surface area (Å²) in [5.74, 6) is 0.495. The number of nitriles is 1. The van der Waals surface area contributed by atoms with E-state index in [9.17, 15) is 5.26 Å². The zero-order valence-corrected chi connectivity index (χ0v) is 14.1. The SMILES string of the molecule is N#Cc1c(NCc2cccnc2Cl)n[nH]c1Cc1cccc(Cl)c1. The highest BCUT2D eigenvalue weighted by Gasteiger charge is 2.14. The van der Waals surface area contributed by atoms with Gasteiger partial charge in [0, 0.05) is 29.7 Å². The molecule has 0 aliphatic heterocycles. The standard InChI is InChI=1S/C17H13Cl2N5/c18-13-5-1-3-11(7-13)8-15-14(9-20)17(24-23-15)22-10-12-4-2-6-21-16(12)19/h1-7H,8,10H2,(H2,22,23,24). The Bertz CT molecular complexity index is 898. The molecule has 0 amide bonds. The number of anilines is 1. The molecule has 3 aromatic rings. The van der Waals surface area contributed by atoms with Crippen LogP contribution in [-0.2, 0) is 13.0 Å². The molecule has 3 rings (SSSR count). The molecule has 0 atom stereocenters. The Morgan fingerprint density at radius 1 is 1.21 bits per heavy atom. The minimum absolute atomic E-state index is 0.429. The Kier molecular flexibility index (Phi) is 4.99. The quantitative estimate of drug-likeness (QED) is 0.671. The minimum Gasteiger partial charge on any atom is -0.363 e. The van der Waals surface area contributed by atoms with Crippen molar-refractivity contribution in [2.24, 2.45) is 0 Å². The van der Waals surface area contributed by atoms with E-state index in [0.29, 0.717) is 34.5 Å². The van der Waals surface area contributed by atoms with Crippen LogP contribution < -0.4 is 5.32 Å². The Morgan fingerprint density at radius 2 is 2.08 bits per heavy atom. The summed E-state index contributed by atoms with van der Waals surface area (Å²) in [5, 5.41) is 20.8. The van der Waals surface area contributed by atoms with Crippen LogP contribution in [0.3, 0.4) is 0 Å². The summed E-state index contributed by atoms with van der Waals surface area (Å²) in [5.41, 5.74) is 3.06. The average molecular weight is 358 g/mol. The van der Waals surface area contributed by atoms with Gasteiger partial charge in [-0.05, 0) is 23.8 Å². The number of hydrogen-bond acceptors (Lipinski definition) is 4. The molecule has 7 heteroatoms. The van der Waals surface area contributed by atoms with E-state index >= 15 is 0 Å². The van der Waals surface area contributed by atoms with E-state index in [4.69, 9.17) is 23.2 Å². The maximum absolute atomic E-state index is 9.46. The van der Waals surface area contributed by atoms with Crippen molar-refractivity contribution in [1.29, 1.82) is 5.26 Å². The maximum atomic E-state index is 9.46. The fraction of sp³-hybridized carbons (Fsp3) is 0.118. The molecule has 0 unspecified atom stereocenters. The van der Waals surface area contributed by atoms with Gasteiger partial charge in [0.25, 0.3) is 0 Å². The molecule has 1 aromatic carbocycles. The molecule has 24 heavy (non-hydrogen) atoms. The van der Waals surface area contributed by atoms with Crippen molar-refractivity contribution in [1.82, 2.24) is 15.2 Å². The molecule has 2 aromatic heterocycles. The summed E-state index contributed by atoms with van der Waals surface area (Å²) in [7, 11) is 0. The number of halogens is 2. The van der Waals surface area contributed by atoms with Gasteiger partial charge in [-0.15, -0.1) is 0 Å². The van der Waals surface area contributed by atoms with Gasteiger partial charge in [0.2, 0.25) is 0 Å². The summed E-state index contributed by atoms with van der Waals surface area (Å²) in [6, 6.07) is 13.4. The van der Waals surface area contributed by atoms with Crippen molar-refractivity contribution in [2.45, 2.75) is 13.0 Å². The van der Waals surface area contributed by atoms with E-state index in [1.165, 1.54) is 0 Å². The Hall–Kier alpha value is -2.55. The topological polar surface area (TPSA) is 77.4 Å². The van der Waals surface area contributed by atoms with Crippen LogP contribution in [-0.4, -0.2) is 15.2 Å². The van der Waals surface area contributed by atoms with E-state index in [1.807, 2.05) is 36.4 Å². The lowest BCUT2D eigenvalue weighted by Crippen LogP contribution is -2.02. The van der Waals surface area contributed by atoms with Crippen molar-refractivity contribution in [2.75, 3.05) is 5.32 Å². The first kappa shape index (κ1) is 16.3. The second kappa shape index (κ2) is 7.35. The van der Waals surface area contributed by atoms with Crippen LogP contribution in [0.5, 0.6) is 0 Å². The van der Waals surface area contributed by atoms with Crippen molar-refractivity contribution in [3.05, 3.63) is 75.2 Å². The molecule has 0 spiro atoms. The highest BCUT2D eigenvalue weighted by atomic mass is 35.5. The molecule has 0 saturated heterocycles. The summed E-state index contributed by atoms with van der Waals surface area (Å²) < 4.78 is 0. The van der Waals surface area contributed by atoms with Crippen LogP contribution in [0.1, 0.15) is 22.4 Å². The summed E-state index contributed by atoms with van der Waals surface area (Å²) >= 11 is 12.0. The molecule has 0 fully saturated rings. The average Bonchev–Trinajstić information content (AvgIpc) is 2.96. The predicted molar refractivity (Wildman–Crippen MR) is 94.1 cm³/mol. The Labute approximate surface area is 149 Å². The molecule has 120 valence electrons. The first-order valence-electron chi connectivity index (χ1n) is 7.22. The Balaban J connectivity index is 1.77. The number of hydrogen-bond donors (Lipinski definition) is 2. The van der Waals surface area contributed by atoms with E-state index in [0.717, 1.165) is 16.8 Å². The minimum atomic E-state index is 0.429. The number of H-pyrrole nitrogens is 1. The molecule has 0 aliphatic rings. The summed E-state index contributed by atoms with van der Waals surface area (Å²) in [6.45, 7) is 0.433. The van der Waals surface area contributed by atoms with Crippen LogP contribution in [0.15, 0.2) is 42.6 Å². The van der Waals surface area contributed by atoms with Gasteiger partial charge in [-0.3, -0.25) is 5.10 Å². The zero-order chi connectivity index (χ0) is 16.9. The third kappa shape index (κ3) is 3.67. The molecule has 0 radical (unpaired) electrons. The number of nitrogens with zero attached hydrogens (tertiary/aromatic N) is 3. The van der Waals surface area contributed by atoms with Gasteiger partial charge in [-0.1, -0.05) is 41.4 Å². The van der Waals surface area contributed by atoms with Gasteiger partial charge in [-0.2, -0.15) is 10.4 Å². The number of rotatable bonds is 5. The smallest absolute Gasteiger partial charge is 0.166 e. The zero-order valence-electron chi connectivity index (χ0n) is 12.6. The molecule has 0 saturated carbocycles. The number of nitrogens with one attached hydrogen (secondary N) is 2. The fourth-order valence-electron chi connectivity index (χ4n) is 2.34. The van der Waals surface area contributed by atoms with Crippen LogP contribution in [0.25, 0.3) is 0 Å². The number of benzene rings is 1. The highest BCUT2D eigenvalue weighted by Crippen LogP contribution is 2.21. The van der Waals surface area contributed by atoms with Crippen LogP contribution in [0.4, 0.5) is 5.82 Å². The lowest BCUT2D eigenvalue weighted by Gasteiger charge is -2.05. The molecule has 0 bridgehead atoms. The van der Waals surface area contributed by atoms with Crippen molar-refractivity contribution in [3.8, 4) is 6.07 Å². The fourth-order valence-corrected chi connectivity index (χ4v) is 2.73. The van der Waals surface area contributed by atoms with Crippen molar-refractivity contribution >= 4 is 29.0 Å². The lowest BCUT2D eigenvalue weighted by molar-refractivity contribution is 0.986. The van der Waals surface area contributed by atoms with Gasteiger partial charge in [0.05, 0.1) is 5.69 Å². The number of aromatic amines is 1. The van der Waals surface area contributed by atoms with Crippen molar-refractivity contribution in [3.63, 3.8) is 0 Å². The van der Waals surface area contributed by atoms with Gasteiger partial charge >= 0.3 is 0 Å². The number of aromatic nitrogens is 3. The summed E-state index contributed by atoms with van der Waals surface area (Å²) in [4.78, 5) is 4.02. The third-order valence-corrected chi connectivity index (χ3v) is 4.08. The molecule has 2 N–H and O–H groups in total. The second-order valence-electron chi connectivity index (χ2n) is 5.15. The van der Waals surface area contributed by atoms with Gasteiger partial charge < -0.3 is 5.32 Å². The molecular formula is C17H13Cl2N5. The van der Waals surface area contributed by atoms with Crippen LogP contribution in [0.2, 0.25) is 10.2 Å². The number of pyridine rings is 1. The normalized spacial score (nSPS) is 10.4. The van der Waals surface area contributed by atoms with E-state index in [-0.39, 0.29) is 0 Å². The maximum Gasteiger partial charge on any atom is 0.166 e. The van der Waals surface area contributed by atoms with Gasteiger partial charge in [-0.25, -0.2) is 4.98 Å². The summed E-state index contributed by atoms with van der Waals surface area (Å²) in [6.07, 6.45) is 2.18. The molecular weight excluding hydrogens is 345 g/mol. The molecule has 2 heterocycles. The largest absolute Gasteiger partial charge is 0.363 e. The van der Waals surface area contributed by atoms with Gasteiger partial charge in [0.1, 0.15) is 16.8 Å². The van der Waals surface area contributed by atoms with Crippen LogP contribution >= 0.6 is 23.2 Å². The van der Waals surface area contributed by atoms with Gasteiger partial charge in [0.15, 0.2) is 5.82 Å². The molecule has 5 nitrogen and oxygen atoms in total. The monoisotopic (exact) mass is 357 g/mol. The van der Waals surface area contributed by atoms with Crippen LogP contribution in [0, 0.1) is 11.3 Å². The third-order valence-electron chi connectivity index (χ3n) is 3.51. The van der Waals surface area contributed by atoms with E-state index in [1.54, 1.807) is 6.20 Å². The lowest BCUT2D eigenvalue weighted by atomic mass is 10.1. The van der Waals surface area contributed by atoms with E-state index < -0.39 is 0 Å². The van der Waals surface area contributed by atoms with Crippen molar-refractivity contribution < 1.29 is 0 Å². The Morgan fingerprint density at radius 3 is 2.83 bits per heavy atom. The highest BCUT2D eigenvalue weighted by molar-refractivity contribution is 6.30. The van der Waals surface area contributed by atoms with E-state index in [2.05, 4.69) is 26.6 Å². The second-order valence-corrected chi connectivity index (χ2v) is 5.95. The molecule has 0 aliphatic carbocycles.